The molecule has 236 valence electrons. The number of aliphatic hydroxyl groups is 1. The average Bonchev–Trinajstić information content (AvgIpc) is 3.77. The molecular weight excluding hydrogens is 656 g/mol. The summed E-state index contributed by atoms with van der Waals surface area (Å²) in [5, 5.41) is 18.6. The molecule has 3 aliphatic rings. The van der Waals surface area contributed by atoms with Crippen molar-refractivity contribution in [2.45, 2.75) is 53.5 Å². The topological polar surface area (TPSA) is 112 Å². The van der Waals surface area contributed by atoms with Crippen LogP contribution in [-0.4, -0.2) is 99.1 Å². The Morgan fingerprint density at radius 1 is 1.11 bits per heavy atom. The molecule has 0 aliphatic carbocycles. The third-order valence-electron chi connectivity index (χ3n) is 9.25. The van der Waals surface area contributed by atoms with E-state index in [2.05, 4.69) is 39.4 Å². The number of hydrogen-bond acceptors (Lipinski definition) is 7. The van der Waals surface area contributed by atoms with Gasteiger partial charge in [-0.3, -0.25) is 14.4 Å². The van der Waals surface area contributed by atoms with Crippen LogP contribution in [-0.2, 0) is 27.6 Å². The number of nitrogens with zero attached hydrogens (tertiary/aromatic N) is 6. The molecule has 6 rings (SSSR count). The molecule has 7 atom stereocenters. The molecule has 3 aliphatic heterocycles. The van der Waals surface area contributed by atoms with E-state index in [-0.39, 0.29) is 47.6 Å². The zero-order valence-electron chi connectivity index (χ0n) is 25.1. The Balaban J connectivity index is 1.37. The normalized spacial score (nSPS) is 27.4. The molecule has 4 heterocycles. The Morgan fingerprint density at radius 2 is 1.80 bits per heavy atom. The maximum Gasteiger partial charge on any atom is 0.248 e. The van der Waals surface area contributed by atoms with Gasteiger partial charge in [-0.2, -0.15) is 0 Å². The van der Waals surface area contributed by atoms with Crippen molar-refractivity contribution in [2.24, 2.45) is 11.8 Å². The number of thioether (sulfide) groups is 1. The van der Waals surface area contributed by atoms with Crippen LogP contribution >= 0.6 is 27.7 Å². The number of para-hydroxylation sites is 1. The molecule has 12 heteroatoms. The summed E-state index contributed by atoms with van der Waals surface area (Å²) in [6, 6.07) is 15.8. The van der Waals surface area contributed by atoms with Gasteiger partial charge >= 0.3 is 0 Å². The Bertz CT molecular complexity index is 1620. The Kier molecular flexibility index (Phi) is 8.91. The summed E-state index contributed by atoms with van der Waals surface area (Å²) in [5.74, 6) is -1.99. The number of hydrogen-bond donors (Lipinski definition) is 1. The van der Waals surface area contributed by atoms with Crippen LogP contribution in [0.2, 0.25) is 0 Å². The van der Waals surface area contributed by atoms with Gasteiger partial charge in [0.15, 0.2) is 0 Å². The Hall–Kier alpha value is -3.48. The second kappa shape index (κ2) is 12.7. The second-order valence-electron chi connectivity index (χ2n) is 12.0. The van der Waals surface area contributed by atoms with E-state index in [9.17, 15) is 19.5 Å². The van der Waals surface area contributed by atoms with Gasteiger partial charge in [0.1, 0.15) is 18.2 Å². The van der Waals surface area contributed by atoms with Crippen LogP contribution in [0.3, 0.4) is 0 Å². The lowest BCUT2D eigenvalue weighted by molar-refractivity contribution is -0.147. The standard InChI is InChI=1S/C33H37BrN6O4S/c1-4-15-37(18-22-11-7-6-8-12-22)30(42)26-27-31(43)40(21(3)19-41)29(33(27)17-23(34)28(26)45-33)32(44)38(16-5-2)20-39-25-14-10-9-13-24(25)35-36-39/h4-14,21,23,26-29,41H,1-2,15-20H2,3H3/t21-,23?,26+,27+,28+,29?,33?/m1/s1. The molecule has 0 radical (unpaired) electrons. The fourth-order valence-corrected chi connectivity index (χ4v) is 10.9. The summed E-state index contributed by atoms with van der Waals surface area (Å²) in [6.07, 6.45) is 3.90. The average molecular weight is 694 g/mol. The monoisotopic (exact) mass is 692 g/mol. The van der Waals surface area contributed by atoms with Crippen molar-refractivity contribution < 1.29 is 19.5 Å². The van der Waals surface area contributed by atoms with Crippen molar-refractivity contribution in [3.63, 3.8) is 0 Å². The maximum atomic E-state index is 14.8. The van der Waals surface area contributed by atoms with Crippen molar-refractivity contribution >= 4 is 56.4 Å². The van der Waals surface area contributed by atoms with Gasteiger partial charge in [-0.05, 0) is 31.0 Å². The van der Waals surface area contributed by atoms with Crippen molar-refractivity contribution in [2.75, 3.05) is 19.7 Å². The molecule has 1 spiro atoms. The van der Waals surface area contributed by atoms with E-state index in [0.29, 0.717) is 25.0 Å². The van der Waals surface area contributed by atoms with Crippen LogP contribution in [0.25, 0.3) is 11.0 Å². The molecule has 2 aromatic carbocycles. The van der Waals surface area contributed by atoms with Gasteiger partial charge in [-0.1, -0.05) is 75.8 Å². The highest BCUT2D eigenvalue weighted by atomic mass is 79.9. The summed E-state index contributed by atoms with van der Waals surface area (Å²) in [7, 11) is 0. The van der Waals surface area contributed by atoms with Crippen LogP contribution in [0.1, 0.15) is 18.9 Å². The quantitative estimate of drug-likeness (QED) is 0.229. The molecule has 3 aromatic rings. The van der Waals surface area contributed by atoms with Crippen molar-refractivity contribution in [3.05, 3.63) is 85.5 Å². The number of benzene rings is 2. The lowest BCUT2D eigenvalue weighted by Crippen LogP contribution is -2.57. The van der Waals surface area contributed by atoms with E-state index < -0.39 is 28.7 Å². The molecule has 2 bridgehead atoms. The van der Waals surface area contributed by atoms with Gasteiger partial charge in [0, 0.05) is 29.7 Å². The third-order valence-corrected chi connectivity index (χ3v) is 12.5. The number of alkyl halides is 1. The minimum absolute atomic E-state index is 0.0744. The minimum Gasteiger partial charge on any atom is -0.394 e. The molecule has 3 fully saturated rings. The molecule has 3 unspecified atom stereocenters. The zero-order valence-corrected chi connectivity index (χ0v) is 27.5. The number of rotatable bonds is 12. The van der Waals surface area contributed by atoms with Crippen molar-refractivity contribution in [3.8, 4) is 0 Å². The largest absolute Gasteiger partial charge is 0.394 e. The van der Waals surface area contributed by atoms with E-state index in [1.807, 2.05) is 54.6 Å². The molecule has 0 saturated carbocycles. The van der Waals surface area contributed by atoms with Crippen LogP contribution in [0.4, 0.5) is 0 Å². The summed E-state index contributed by atoms with van der Waals surface area (Å²) in [4.78, 5) is 48.6. The summed E-state index contributed by atoms with van der Waals surface area (Å²) in [6.45, 7) is 10.3. The molecule has 1 aromatic heterocycles. The first kappa shape index (κ1) is 31.5. The van der Waals surface area contributed by atoms with Gasteiger partial charge in [-0.15, -0.1) is 30.0 Å². The number of likely N-dealkylation sites (tertiary alicyclic amines) is 1. The maximum absolute atomic E-state index is 14.8. The summed E-state index contributed by atoms with van der Waals surface area (Å²) >= 11 is 5.43. The number of aromatic nitrogens is 3. The van der Waals surface area contributed by atoms with E-state index in [1.54, 1.807) is 50.2 Å². The van der Waals surface area contributed by atoms with E-state index in [0.717, 1.165) is 11.1 Å². The molecule has 45 heavy (non-hydrogen) atoms. The zero-order chi connectivity index (χ0) is 31.9. The number of fused-ring (bicyclic) bond motifs is 2. The first-order valence-electron chi connectivity index (χ1n) is 15.1. The first-order chi connectivity index (χ1) is 21.7. The van der Waals surface area contributed by atoms with Crippen molar-refractivity contribution in [1.82, 2.24) is 29.7 Å². The second-order valence-corrected chi connectivity index (χ2v) is 14.7. The van der Waals surface area contributed by atoms with Crippen molar-refractivity contribution in [1.29, 1.82) is 0 Å². The van der Waals surface area contributed by atoms with Crippen LogP contribution in [0.15, 0.2) is 79.9 Å². The smallest absolute Gasteiger partial charge is 0.248 e. The molecule has 3 saturated heterocycles. The number of carbonyl (C=O) groups excluding carboxylic acids is 3. The summed E-state index contributed by atoms with van der Waals surface area (Å²) in [5.41, 5.74) is 2.47. The predicted octanol–water partition coefficient (Wildman–Crippen LogP) is 3.46. The molecule has 10 nitrogen and oxygen atoms in total. The van der Waals surface area contributed by atoms with Gasteiger partial charge < -0.3 is 19.8 Å². The molecular formula is C33H37BrN6O4S. The SMILES string of the molecule is C=CCN(Cn1nnc2ccccc21)C(=O)C1N([C@H](C)CO)C(=O)[C@@H]2[C@H](C(=O)N(CC=C)Cc3ccccc3)[C@H]3SC12CC3Br. The van der Waals surface area contributed by atoms with E-state index in [4.69, 9.17) is 0 Å². The fraction of sp³-hybridized carbons (Fsp3) is 0.424. The Morgan fingerprint density at radius 3 is 2.51 bits per heavy atom. The van der Waals surface area contributed by atoms with E-state index in [1.165, 1.54) is 0 Å². The minimum atomic E-state index is -0.887. The Labute approximate surface area is 275 Å². The van der Waals surface area contributed by atoms with Gasteiger partial charge in [0.2, 0.25) is 17.7 Å². The number of halogens is 1. The number of carbonyl (C=O) groups is 3. The highest BCUT2D eigenvalue weighted by Gasteiger charge is 2.76. The van der Waals surface area contributed by atoms with Gasteiger partial charge in [0.25, 0.3) is 0 Å². The highest BCUT2D eigenvalue weighted by molar-refractivity contribution is 9.09. The van der Waals surface area contributed by atoms with Gasteiger partial charge in [0.05, 0.1) is 34.7 Å². The van der Waals surface area contributed by atoms with Crippen LogP contribution < -0.4 is 0 Å². The molecule has 1 N–H and O–H groups in total. The van der Waals surface area contributed by atoms with Crippen LogP contribution in [0.5, 0.6) is 0 Å². The third kappa shape index (κ3) is 5.30. The van der Waals surface area contributed by atoms with Crippen LogP contribution in [0, 0.1) is 11.8 Å². The van der Waals surface area contributed by atoms with Gasteiger partial charge in [-0.25, -0.2) is 4.68 Å². The molecule has 3 amide bonds. The summed E-state index contributed by atoms with van der Waals surface area (Å²) < 4.78 is 0.811. The first-order valence-corrected chi connectivity index (χ1v) is 16.9. The lowest BCUT2D eigenvalue weighted by atomic mass is 9.70. The number of amides is 3. The highest BCUT2D eigenvalue weighted by Crippen LogP contribution is 2.68. The van der Waals surface area contributed by atoms with E-state index >= 15 is 0 Å². The fourth-order valence-electron chi connectivity index (χ4n) is 7.32. The predicted molar refractivity (Wildman–Crippen MR) is 177 cm³/mol. The lowest BCUT2D eigenvalue weighted by Gasteiger charge is -2.39. The number of aliphatic hydroxyl groups excluding tert-OH is 1.